The Balaban J connectivity index is 1.94. The number of hydrogen-bond donors (Lipinski definition) is 2. The van der Waals surface area contributed by atoms with Crippen molar-refractivity contribution in [2.75, 3.05) is 6.54 Å². The van der Waals surface area contributed by atoms with Crippen LogP contribution in [0.1, 0.15) is 32.6 Å². The van der Waals surface area contributed by atoms with E-state index in [4.69, 9.17) is 10.5 Å². The van der Waals surface area contributed by atoms with Gasteiger partial charge in [0.1, 0.15) is 11.6 Å². The molecular formula is C16H22BrFN2O2. The molecule has 1 aliphatic rings. The second kappa shape index (κ2) is 7.92. The fourth-order valence-electron chi connectivity index (χ4n) is 2.79. The molecule has 0 aromatic heterocycles. The van der Waals surface area contributed by atoms with E-state index >= 15 is 0 Å². The highest BCUT2D eigenvalue weighted by atomic mass is 79.9. The summed E-state index contributed by atoms with van der Waals surface area (Å²) < 4.78 is 19.2. The average molecular weight is 373 g/mol. The monoisotopic (exact) mass is 372 g/mol. The van der Waals surface area contributed by atoms with Crippen LogP contribution in [-0.4, -0.2) is 24.6 Å². The van der Waals surface area contributed by atoms with Crippen molar-refractivity contribution in [3.63, 3.8) is 0 Å². The minimum absolute atomic E-state index is 0.119. The number of benzene rings is 1. The van der Waals surface area contributed by atoms with Crippen LogP contribution < -0.4 is 15.8 Å². The van der Waals surface area contributed by atoms with E-state index in [9.17, 15) is 9.18 Å². The number of rotatable bonds is 5. The van der Waals surface area contributed by atoms with Crippen LogP contribution >= 0.6 is 15.9 Å². The maximum absolute atomic E-state index is 13.1. The molecule has 0 saturated heterocycles. The molecule has 22 heavy (non-hydrogen) atoms. The SMILES string of the molecule is CC(Oc1ccc(F)cc1Br)C(=O)NC1CCCCC1CN. The molecule has 0 heterocycles. The Morgan fingerprint density at radius 1 is 1.50 bits per heavy atom. The van der Waals surface area contributed by atoms with Crippen molar-refractivity contribution in [3.05, 3.63) is 28.5 Å². The molecule has 4 nitrogen and oxygen atoms in total. The largest absolute Gasteiger partial charge is 0.480 e. The predicted octanol–water partition coefficient (Wildman–Crippen LogP) is 2.99. The van der Waals surface area contributed by atoms with Gasteiger partial charge in [-0.15, -0.1) is 0 Å². The summed E-state index contributed by atoms with van der Waals surface area (Å²) in [7, 11) is 0. The first-order valence-electron chi connectivity index (χ1n) is 7.63. The molecule has 1 aromatic rings. The van der Waals surface area contributed by atoms with Gasteiger partial charge in [-0.1, -0.05) is 12.8 Å². The summed E-state index contributed by atoms with van der Waals surface area (Å²) in [5.41, 5.74) is 5.78. The van der Waals surface area contributed by atoms with Crippen LogP contribution in [0.3, 0.4) is 0 Å². The lowest BCUT2D eigenvalue weighted by Crippen LogP contribution is -2.48. The van der Waals surface area contributed by atoms with Crippen molar-refractivity contribution in [3.8, 4) is 5.75 Å². The molecule has 122 valence electrons. The molecule has 3 N–H and O–H groups in total. The standard InChI is InChI=1S/C16H22BrFN2O2/c1-10(22-15-7-6-12(18)8-13(15)17)16(21)20-14-5-3-2-4-11(14)9-19/h6-8,10-11,14H,2-5,9,19H2,1H3,(H,20,21). The number of carbonyl (C=O) groups is 1. The Morgan fingerprint density at radius 3 is 2.91 bits per heavy atom. The molecule has 3 atom stereocenters. The number of nitrogens with one attached hydrogen (secondary N) is 1. The molecule has 3 unspecified atom stereocenters. The van der Waals surface area contributed by atoms with Gasteiger partial charge in [0, 0.05) is 6.04 Å². The molecule has 1 aromatic carbocycles. The average Bonchev–Trinajstić information content (AvgIpc) is 2.50. The van der Waals surface area contributed by atoms with E-state index in [1.165, 1.54) is 24.6 Å². The van der Waals surface area contributed by atoms with Gasteiger partial charge in [-0.3, -0.25) is 4.79 Å². The van der Waals surface area contributed by atoms with Gasteiger partial charge in [0.15, 0.2) is 6.10 Å². The lowest BCUT2D eigenvalue weighted by molar-refractivity contribution is -0.128. The third-order valence-corrected chi connectivity index (χ3v) is 4.73. The molecular weight excluding hydrogens is 351 g/mol. The quantitative estimate of drug-likeness (QED) is 0.834. The van der Waals surface area contributed by atoms with Crippen LogP contribution in [0.2, 0.25) is 0 Å². The highest BCUT2D eigenvalue weighted by molar-refractivity contribution is 9.10. The lowest BCUT2D eigenvalue weighted by Gasteiger charge is -2.32. The number of hydrogen-bond acceptors (Lipinski definition) is 3. The van der Waals surface area contributed by atoms with Crippen LogP contribution in [-0.2, 0) is 4.79 Å². The van der Waals surface area contributed by atoms with E-state index in [0.29, 0.717) is 22.7 Å². The van der Waals surface area contributed by atoms with Crippen molar-refractivity contribution < 1.29 is 13.9 Å². The number of nitrogens with two attached hydrogens (primary N) is 1. The van der Waals surface area contributed by atoms with E-state index in [2.05, 4.69) is 21.2 Å². The number of amides is 1. The van der Waals surface area contributed by atoms with Gasteiger partial charge in [0.25, 0.3) is 5.91 Å². The van der Waals surface area contributed by atoms with Crippen molar-refractivity contribution in [2.45, 2.75) is 44.8 Å². The van der Waals surface area contributed by atoms with Gasteiger partial charge in [0.2, 0.25) is 0 Å². The molecule has 1 saturated carbocycles. The normalized spacial score (nSPS) is 22.9. The second-order valence-electron chi connectivity index (χ2n) is 5.73. The van der Waals surface area contributed by atoms with Crippen molar-refractivity contribution in [1.82, 2.24) is 5.32 Å². The maximum Gasteiger partial charge on any atom is 0.261 e. The summed E-state index contributed by atoms with van der Waals surface area (Å²) in [4.78, 5) is 12.3. The van der Waals surface area contributed by atoms with Crippen LogP contribution in [0.5, 0.6) is 5.75 Å². The van der Waals surface area contributed by atoms with Gasteiger partial charge in [-0.2, -0.15) is 0 Å². The minimum Gasteiger partial charge on any atom is -0.480 e. The summed E-state index contributed by atoms with van der Waals surface area (Å²) in [6, 6.07) is 4.24. The number of halogens is 2. The van der Waals surface area contributed by atoms with Crippen LogP contribution in [0.15, 0.2) is 22.7 Å². The Morgan fingerprint density at radius 2 is 2.23 bits per heavy atom. The molecule has 1 amide bonds. The van der Waals surface area contributed by atoms with Crippen molar-refractivity contribution >= 4 is 21.8 Å². The number of ether oxygens (including phenoxy) is 1. The zero-order chi connectivity index (χ0) is 16.1. The van der Waals surface area contributed by atoms with Gasteiger partial charge >= 0.3 is 0 Å². The molecule has 0 aliphatic heterocycles. The maximum atomic E-state index is 13.1. The van der Waals surface area contributed by atoms with Gasteiger partial charge in [-0.25, -0.2) is 4.39 Å². The highest BCUT2D eigenvalue weighted by Gasteiger charge is 2.27. The van der Waals surface area contributed by atoms with E-state index in [1.54, 1.807) is 6.92 Å². The first-order chi connectivity index (χ1) is 10.5. The summed E-state index contributed by atoms with van der Waals surface area (Å²) >= 11 is 3.23. The van der Waals surface area contributed by atoms with E-state index < -0.39 is 6.10 Å². The molecule has 2 rings (SSSR count). The summed E-state index contributed by atoms with van der Waals surface area (Å²) in [6.45, 7) is 2.27. The lowest BCUT2D eigenvalue weighted by atomic mass is 9.84. The van der Waals surface area contributed by atoms with E-state index in [1.807, 2.05) is 0 Å². The third-order valence-electron chi connectivity index (χ3n) is 4.11. The fraction of sp³-hybridized carbons (Fsp3) is 0.562. The van der Waals surface area contributed by atoms with Crippen molar-refractivity contribution in [2.24, 2.45) is 11.7 Å². The Hall–Kier alpha value is -1.14. The van der Waals surface area contributed by atoms with Gasteiger partial charge in [-0.05, 0) is 66.4 Å². The van der Waals surface area contributed by atoms with E-state index in [0.717, 1.165) is 19.3 Å². The molecule has 6 heteroatoms. The Labute approximate surface area is 138 Å². The summed E-state index contributed by atoms with van der Waals surface area (Å²) in [6.07, 6.45) is 3.64. The summed E-state index contributed by atoms with van der Waals surface area (Å²) in [5, 5.41) is 3.04. The van der Waals surface area contributed by atoms with Gasteiger partial charge < -0.3 is 15.8 Å². The van der Waals surface area contributed by atoms with Crippen LogP contribution in [0, 0.1) is 11.7 Å². The topological polar surface area (TPSA) is 64.3 Å². The number of carbonyl (C=O) groups excluding carboxylic acids is 1. The van der Waals surface area contributed by atoms with Gasteiger partial charge in [0.05, 0.1) is 4.47 Å². The highest BCUT2D eigenvalue weighted by Crippen LogP contribution is 2.27. The molecule has 0 spiro atoms. The van der Waals surface area contributed by atoms with Crippen LogP contribution in [0.25, 0.3) is 0 Å². The zero-order valence-electron chi connectivity index (χ0n) is 12.6. The first-order valence-corrected chi connectivity index (χ1v) is 8.42. The molecule has 1 aliphatic carbocycles. The second-order valence-corrected chi connectivity index (χ2v) is 6.58. The van der Waals surface area contributed by atoms with E-state index in [-0.39, 0.29) is 17.8 Å². The van der Waals surface area contributed by atoms with Crippen LogP contribution in [0.4, 0.5) is 4.39 Å². The first kappa shape index (κ1) is 17.2. The van der Waals surface area contributed by atoms with Crippen molar-refractivity contribution in [1.29, 1.82) is 0 Å². The Kier molecular flexibility index (Phi) is 6.20. The molecule has 0 bridgehead atoms. The predicted molar refractivity (Wildman–Crippen MR) is 87.1 cm³/mol. The zero-order valence-corrected chi connectivity index (χ0v) is 14.2. The smallest absolute Gasteiger partial charge is 0.261 e. The molecule has 1 fully saturated rings. The summed E-state index contributed by atoms with van der Waals surface area (Å²) in [5.74, 6) is 0.261. The minimum atomic E-state index is -0.651. The molecule has 0 radical (unpaired) electrons. The Bertz CT molecular complexity index is 527. The third kappa shape index (κ3) is 4.43. The fourth-order valence-corrected chi connectivity index (χ4v) is 3.24.